The molecule has 7 heteroatoms. The summed E-state index contributed by atoms with van der Waals surface area (Å²) < 4.78 is 6.02. The fourth-order valence-corrected chi connectivity index (χ4v) is 3.10. The van der Waals surface area contributed by atoms with Gasteiger partial charge in [0.15, 0.2) is 0 Å². The summed E-state index contributed by atoms with van der Waals surface area (Å²) in [5.74, 6) is -0.115. The summed E-state index contributed by atoms with van der Waals surface area (Å²) in [6.45, 7) is 7.44. The van der Waals surface area contributed by atoms with Gasteiger partial charge in [0.2, 0.25) is 5.91 Å². The molecule has 0 unspecified atom stereocenters. The summed E-state index contributed by atoms with van der Waals surface area (Å²) >= 11 is 12.0. The molecule has 0 radical (unpaired) electrons. The van der Waals surface area contributed by atoms with Crippen molar-refractivity contribution in [1.82, 2.24) is 15.1 Å². The van der Waals surface area contributed by atoms with Crippen LogP contribution in [-0.4, -0.2) is 33.7 Å². The highest BCUT2D eigenvalue weighted by Gasteiger charge is 2.67. The molecular formula is C14H21Cl2N3O2. The maximum atomic E-state index is 12.2. The van der Waals surface area contributed by atoms with Crippen LogP contribution < -0.4 is 5.32 Å². The molecule has 1 heterocycles. The zero-order valence-corrected chi connectivity index (χ0v) is 14.3. The van der Waals surface area contributed by atoms with Crippen molar-refractivity contribution in [2.45, 2.75) is 44.6 Å². The van der Waals surface area contributed by atoms with E-state index in [0.717, 1.165) is 17.0 Å². The molecule has 0 saturated heterocycles. The van der Waals surface area contributed by atoms with E-state index in [4.69, 9.17) is 27.9 Å². The maximum absolute atomic E-state index is 12.2. The number of aryl methyl sites for hydroxylation is 1. The van der Waals surface area contributed by atoms with Gasteiger partial charge in [0, 0.05) is 24.9 Å². The molecule has 1 aliphatic rings. The van der Waals surface area contributed by atoms with Crippen molar-refractivity contribution >= 4 is 29.1 Å². The van der Waals surface area contributed by atoms with Crippen LogP contribution in [0.2, 0.25) is 0 Å². The van der Waals surface area contributed by atoms with Crippen molar-refractivity contribution in [2.24, 2.45) is 5.41 Å². The molecule has 0 aromatic carbocycles. The van der Waals surface area contributed by atoms with Gasteiger partial charge in [-0.05, 0) is 27.2 Å². The lowest BCUT2D eigenvalue weighted by atomic mass is 10.1. The van der Waals surface area contributed by atoms with E-state index >= 15 is 0 Å². The van der Waals surface area contributed by atoms with Gasteiger partial charge in [-0.2, -0.15) is 5.10 Å². The van der Waals surface area contributed by atoms with Crippen molar-refractivity contribution in [3.8, 4) is 0 Å². The second-order valence-electron chi connectivity index (χ2n) is 5.76. The van der Waals surface area contributed by atoms with E-state index in [2.05, 4.69) is 10.4 Å². The Kier molecular flexibility index (Phi) is 4.57. The minimum absolute atomic E-state index is 0.115. The van der Waals surface area contributed by atoms with Gasteiger partial charge in [-0.3, -0.25) is 9.48 Å². The third-order valence-electron chi connectivity index (χ3n) is 4.22. The lowest BCUT2D eigenvalue weighted by Gasteiger charge is -2.13. The second kappa shape index (κ2) is 5.78. The number of carbonyl (C=O) groups is 1. The van der Waals surface area contributed by atoms with Gasteiger partial charge in [0.1, 0.15) is 4.33 Å². The van der Waals surface area contributed by atoms with Crippen LogP contribution in [0.1, 0.15) is 30.3 Å². The highest BCUT2D eigenvalue weighted by molar-refractivity contribution is 6.53. The molecule has 118 valence electrons. The first-order valence-electron chi connectivity index (χ1n) is 6.91. The Morgan fingerprint density at radius 1 is 1.48 bits per heavy atom. The number of alkyl halides is 2. The van der Waals surface area contributed by atoms with E-state index in [1.54, 1.807) is 14.0 Å². The number of methoxy groups -OCH3 is 1. The number of rotatable bonds is 6. The normalized spacial score (nSPS) is 23.1. The van der Waals surface area contributed by atoms with Crippen molar-refractivity contribution in [3.05, 3.63) is 17.0 Å². The van der Waals surface area contributed by atoms with E-state index < -0.39 is 9.75 Å². The van der Waals surface area contributed by atoms with Crippen LogP contribution in [-0.2, 0) is 22.6 Å². The largest absolute Gasteiger partial charge is 0.383 e. The quantitative estimate of drug-likeness (QED) is 0.813. The van der Waals surface area contributed by atoms with E-state index in [1.807, 2.05) is 18.5 Å². The number of nitrogens with one attached hydrogen (secondary N) is 1. The van der Waals surface area contributed by atoms with Crippen LogP contribution in [0.4, 0.5) is 0 Å². The average Bonchev–Trinajstić information content (AvgIpc) is 2.81. The van der Waals surface area contributed by atoms with Crippen molar-refractivity contribution in [1.29, 1.82) is 0 Å². The van der Waals surface area contributed by atoms with Gasteiger partial charge < -0.3 is 10.1 Å². The summed E-state index contributed by atoms with van der Waals surface area (Å²) in [5, 5.41) is 7.38. The standard InChI is InChI=1S/C14H21Cl2N3O2/c1-9-11(10(2)19(18-9)5-6-21-4)7-17-12(20)13(3)8-14(13,15)16/h5-8H2,1-4H3,(H,17,20)/t13-/m1/s1. The topological polar surface area (TPSA) is 56.1 Å². The monoisotopic (exact) mass is 333 g/mol. The molecule has 2 rings (SSSR count). The zero-order chi connectivity index (χ0) is 15.8. The number of amides is 1. The fraction of sp³-hybridized carbons (Fsp3) is 0.714. The zero-order valence-electron chi connectivity index (χ0n) is 12.8. The Morgan fingerprint density at radius 3 is 2.62 bits per heavy atom. The smallest absolute Gasteiger partial charge is 0.229 e. The Bertz CT molecular complexity index is 557. The minimum Gasteiger partial charge on any atom is -0.383 e. The average molecular weight is 334 g/mol. The number of hydrogen-bond donors (Lipinski definition) is 1. The van der Waals surface area contributed by atoms with E-state index in [9.17, 15) is 4.79 Å². The summed E-state index contributed by atoms with van der Waals surface area (Å²) in [4.78, 5) is 12.2. The number of ether oxygens (including phenoxy) is 1. The molecule has 0 spiro atoms. The van der Waals surface area contributed by atoms with E-state index in [-0.39, 0.29) is 5.91 Å². The molecule has 21 heavy (non-hydrogen) atoms. The van der Waals surface area contributed by atoms with Crippen molar-refractivity contribution in [2.75, 3.05) is 13.7 Å². The molecule has 1 atom stereocenters. The molecule has 0 aliphatic heterocycles. The number of nitrogens with zero attached hydrogens (tertiary/aromatic N) is 2. The lowest BCUT2D eigenvalue weighted by molar-refractivity contribution is -0.125. The fourth-order valence-electron chi connectivity index (χ4n) is 2.40. The molecule has 5 nitrogen and oxygen atoms in total. The predicted octanol–water partition coefficient (Wildman–Crippen LogP) is 2.35. The summed E-state index contributed by atoms with van der Waals surface area (Å²) in [5.41, 5.74) is 2.28. The molecule has 1 fully saturated rings. The number of halogens is 2. The first-order valence-corrected chi connectivity index (χ1v) is 7.66. The Hall–Kier alpha value is -0.780. The van der Waals surface area contributed by atoms with Gasteiger partial charge in [0.25, 0.3) is 0 Å². The first kappa shape index (κ1) is 16.6. The Morgan fingerprint density at radius 2 is 2.10 bits per heavy atom. The molecule has 1 N–H and O–H groups in total. The maximum Gasteiger partial charge on any atom is 0.229 e. The molecule has 1 aromatic rings. The van der Waals surface area contributed by atoms with E-state index in [0.29, 0.717) is 26.1 Å². The Balaban J connectivity index is 2.01. The molecule has 1 aromatic heterocycles. The lowest BCUT2D eigenvalue weighted by Crippen LogP contribution is -2.33. The predicted molar refractivity (Wildman–Crippen MR) is 82.6 cm³/mol. The molecule has 1 saturated carbocycles. The SMILES string of the molecule is COCCn1nc(C)c(CNC(=O)[C@@]2(C)CC2(Cl)Cl)c1C. The minimum atomic E-state index is -0.941. The van der Waals surface area contributed by atoms with Gasteiger partial charge in [-0.1, -0.05) is 0 Å². The number of carbonyl (C=O) groups excluding carboxylic acids is 1. The highest BCUT2D eigenvalue weighted by Crippen LogP contribution is 2.63. The third kappa shape index (κ3) is 3.05. The third-order valence-corrected chi connectivity index (χ3v) is 5.32. The molecule has 1 aliphatic carbocycles. The van der Waals surface area contributed by atoms with Crippen molar-refractivity contribution < 1.29 is 9.53 Å². The number of aromatic nitrogens is 2. The summed E-state index contributed by atoms with van der Waals surface area (Å²) in [7, 11) is 1.66. The van der Waals surface area contributed by atoms with Crippen molar-refractivity contribution in [3.63, 3.8) is 0 Å². The van der Waals surface area contributed by atoms with Gasteiger partial charge >= 0.3 is 0 Å². The van der Waals surface area contributed by atoms with Gasteiger partial charge in [-0.25, -0.2) is 0 Å². The van der Waals surface area contributed by atoms with Crippen LogP contribution >= 0.6 is 23.2 Å². The molecule has 0 bridgehead atoms. The highest BCUT2D eigenvalue weighted by atomic mass is 35.5. The van der Waals surface area contributed by atoms with Gasteiger partial charge in [0.05, 0.1) is 24.3 Å². The van der Waals surface area contributed by atoms with Crippen LogP contribution in [0.5, 0.6) is 0 Å². The first-order chi connectivity index (χ1) is 9.73. The molecule has 1 amide bonds. The second-order valence-corrected chi connectivity index (χ2v) is 7.25. The summed E-state index contributed by atoms with van der Waals surface area (Å²) in [6, 6.07) is 0. The van der Waals surface area contributed by atoms with Crippen LogP contribution in [0.15, 0.2) is 0 Å². The summed E-state index contributed by atoms with van der Waals surface area (Å²) in [6.07, 6.45) is 0.486. The van der Waals surface area contributed by atoms with Gasteiger partial charge in [-0.15, -0.1) is 23.2 Å². The van der Waals surface area contributed by atoms with Crippen LogP contribution in [0.25, 0.3) is 0 Å². The molecular weight excluding hydrogens is 313 g/mol. The van der Waals surface area contributed by atoms with Crippen LogP contribution in [0.3, 0.4) is 0 Å². The Labute approximate surface area is 134 Å². The van der Waals surface area contributed by atoms with E-state index in [1.165, 1.54) is 0 Å². The number of hydrogen-bond acceptors (Lipinski definition) is 3. The van der Waals surface area contributed by atoms with Crippen LogP contribution in [0, 0.1) is 19.3 Å².